The zero-order valence-corrected chi connectivity index (χ0v) is 12.7. The molecule has 4 nitrogen and oxygen atoms in total. The SMILES string of the molecule is C=CCn1ncc(NCC(C)(C)CC)c(Br)c1=O. The predicted octanol–water partition coefficient (Wildman–Crippen LogP) is 3.04. The summed E-state index contributed by atoms with van der Waals surface area (Å²) in [5.74, 6) is 0. The van der Waals surface area contributed by atoms with Gasteiger partial charge >= 0.3 is 0 Å². The summed E-state index contributed by atoms with van der Waals surface area (Å²) in [7, 11) is 0. The number of nitrogens with one attached hydrogen (secondary N) is 1. The predicted molar refractivity (Wildman–Crippen MR) is 79.0 cm³/mol. The maximum absolute atomic E-state index is 11.9. The summed E-state index contributed by atoms with van der Waals surface area (Å²) in [6.45, 7) is 11.3. The molecule has 0 aliphatic carbocycles. The lowest BCUT2D eigenvalue weighted by atomic mass is 9.90. The molecule has 18 heavy (non-hydrogen) atoms. The summed E-state index contributed by atoms with van der Waals surface area (Å²) in [4.78, 5) is 11.9. The molecule has 0 bridgehead atoms. The van der Waals surface area contributed by atoms with Crippen molar-refractivity contribution in [2.45, 2.75) is 33.7 Å². The number of nitrogens with zero attached hydrogens (tertiary/aromatic N) is 2. The highest BCUT2D eigenvalue weighted by Crippen LogP contribution is 2.22. The van der Waals surface area contributed by atoms with Crippen LogP contribution in [0.25, 0.3) is 0 Å². The van der Waals surface area contributed by atoms with Gasteiger partial charge in [-0.15, -0.1) is 6.58 Å². The van der Waals surface area contributed by atoms with Crippen molar-refractivity contribution in [3.8, 4) is 0 Å². The van der Waals surface area contributed by atoms with Crippen LogP contribution in [0.15, 0.2) is 28.1 Å². The van der Waals surface area contributed by atoms with Crippen molar-refractivity contribution in [2.75, 3.05) is 11.9 Å². The van der Waals surface area contributed by atoms with Gasteiger partial charge in [0, 0.05) is 6.54 Å². The van der Waals surface area contributed by atoms with Gasteiger partial charge in [0.1, 0.15) is 4.47 Å². The van der Waals surface area contributed by atoms with Crippen molar-refractivity contribution in [3.63, 3.8) is 0 Å². The lowest BCUT2D eigenvalue weighted by Crippen LogP contribution is -2.26. The Bertz CT molecular complexity index is 480. The van der Waals surface area contributed by atoms with E-state index >= 15 is 0 Å². The van der Waals surface area contributed by atoms with E-state index in [4.69, 9.17) is 0 Å². The first-order valence-electron chi connectivity index (χ1n) is 6.01. The van der Waals surface area contributed by atoms with Gasteiger partial charge in [-0.3, -0.25) is 4.79 Å². The minimum absolute atomic E-state index is 0.144. The highest BCUT2D eigenvalue weighted by molar-refractivity contribution is 9.10. The van der Waals surface area contributed by atoms with E-state index < -0.39 is 0 Å². The molecule has 0 saturated heterocycles. The fraction of sp³-hybridized carbons (Fsp3) is 0.538. The van der Waals surface area contributed by atoms with Gasteiger partial charge in [-0.05, 0) is 27.8 Å². The second-order valence-corrected chi connectivity index (χ2v) is 5.81. The van der Waals surface area contributed by atoms with E-state index in [9.17, 15) is 4.79 Å². The second kappa shape index (κ2) is 6.18. The normalized spacial score (nSPS) is 11.3. The number of anilines is 1. The van der Waals surface area contributed by atoms with E-state index in [1.807, 2.05) is 0 Å². The number of aromatic nitrogens is 2. The molecule has 1 rings (SSSR count). The van der Waals surface area contributed by atoms with E-state index in [0.29, 0.717) is 11.0 Å². The second-order valence-electron chi connectivity index (χ2n) is 5.02. The van der Waals surface area contributed by atoms with Gasteiger partial charge in [0.15, 0.2) is 0 Å². The molecular weight excluding hydrogens is 294 g/mol. The number of rotatable bonds is 6. The largest absolute Gasteiger partial charge is 0.382 e. The Morgan fingerprint density at radius 2 is 2.28 bits per heavy atom. The average molecular weight is 314 g/mol. The minimum atomic E-state index is -0.144. The fourth-order valence-corrected chi connectivity index (χ4v) is 1.75. The van der Waals surface area contributed by atoms with Gasteiger partial charge in [0.05, 0.1) is 18.4 Å². The molecule has 0 atom stereocenters. The molecule has 0 amide bonds. The Morgan fingerprint density at radius 3 is 2.83 bits per heavy atom. The molecule has 0 aliphatic rings. The quantitative estimate of drug-likeness (QED) is 0.821. The molecule has 1 N–H and O–H groups in total. The van der Waals surface area contributed by atoms with E-state index in [2.05, 4.69) is 53.7 Å². The van der Waals surface area contributed by atoms with Crippen LogP contribution in [-0.4, -0.2) is 16.3 Å². The molecule has 0 aliphatic heterocycles. The standard InChI is InChI=1S/C13H20BrN3O/c1-5-7-17-12(18)11(14)10(8-16-17)15-9-13(3,4)6-2/h5,8,15H,1,6-7,9H2,2-4H3. The molecule has 1 aromatic rings. The van der Waals surface area contributed by atoms with Crippen LogP contribution in [0, 0.1) is 5.41 Å². The van der Waals surface area contributed by atoms with Crippen molar-refractivity contribution in [1.29, 1.82) is 0 Å². The van der Waals surface area contributed by atoms with Crippen molar-refractivity contribution >= 4 is 21.6 Å². The molecule has 0 aromatic carbocycles. The highest BCUT2D eigenvalue weighted by Gasteiger charge is 2.16. The Labute approximate surface area is 116 Å². The van der Waals surface area contributed by atoms with Crippen LogP contribution in [0.1, 0.15) is 27.2 Å². The van der Waals surface area contributed by atoms with Crippen LogP contribution >= 0.6 is 15.9 Å². The third kappa shape index (κ3) is 3.70. The summed E-state index contributed by atoms with van der Waals surface area (Å²) in [6, 6.07) is 0. The lowest BCUT2D eigenvalue weighted by molar-refractivity contribution is 0.377. The van der Waals surface area contributed by atoms with Crippen LogP contribution in [0.5, 0.6) is 0 Å². The molecule has 0 unspecified atom stereocenters. The van der Waals surface area contributed by atoms with Gasteiger partial charge in [-0.1, -0.05) is 26.8 Å². The minimum Gasteiger partial charge on any atom is -0.382 e. The lowest BCUT2D eigenvalue weighted by Gasteiger charge is -2.23. The number of allylic oxidation sites excluding steroid dienone is 1. The molecule has 5 heteroatoms. The molecule has 1 aromatic heterocycles. The molecular formula is C13H20BrN3O. The Balaban J connectivity index is 2.89. The molecule has 0 saturated carbocycles. The van der Waals surface area contributed by atoms with E-state index in [1.54, 1.807) is 12.3 Å². The Kier molecular flexibility index (Phi) is 5.14. The smallest absolute Gasteiger partial charge is 0.283 e. The molecule has 1 heterocycles. The topological polar surface area (TPSA) is 46.9 Å². The third-order valence-corrected chi connectivity index (χ3v) is 3.77. The maximum atomic E-state index is 11.9. The molecule has 0 radical (unpaired) electrons. The first-order valence-corrected chi connectivity index (χ1v) is 6.81. The molecule has 100 valence electrons. The van der Waals surface area contributed by atoms with Gasteiger partial charge in [-0.25, -0.2) is 4.68 Å². The zero-order chi connectivity index (χ0) is 13.8. The van der Waals surface area contributed by atoms with Crippen LogP contribution in [0.3, 0.4) is 0 Å². The monoisotopic (exact) mass is 313 g/mol. The van der Waals surface area contributed by atoms with Crippen molar-refractivity contribution in [2.24, 2.45) is 5.41 Å². The van der Waals surface area contributed by atoms with Crippen LogP contribution in [-0.2, 0) is 6.54 Å². The summed E-state index contributed by atoms with van der Waals surface area (Å²) < 4.78 is 1.89. The Hall–Kier alpha value is -1.10. The van der Waals surface area contributed by atoms with E-state index in [0.717, 1.165) is 18.7 Å². The average Bonchev–Trinajstić information content (AvgIpc) is 2.34. The first kappa shape index (κ1) is 15.0. The van der Waals surface area contributed by atoms with Crippen LogP contribution in [0.2, 0.25) is 0 Å². The van der Waals surface area contributed by atoms with Gasteiger partial charge < -0.3 is 5.32 Å². The number of hydrogen-bond acceptors (Lipinski definition) is 3. The highest BCUT2D eigenvalue weighted by atomic mass is 79.9. The zero-order valence-electron chi connectivity index (χ0n) is 11.2. The summed E-state index contributed by atoms with van der Waals surface area (Å²) in [6.07, 6.45) is 4.38. The van der Waals surface area contributed by atoms with Crippen LogP contribution in [0.4, 0.5) is 5.69 Å². The number of hydrogen-bond donors (Lipinski definition) is 1. The Morgan fingerprint density at radius 1 is 1.61 bits per heavy atom. The van der Waals surface area contributed by atoms with Gasteiger partial charge in [0.2, 0.25) is 0 Å². The molecule has 0 fully saturated rings. The van der Waals surface area contributed by atoms with Crippen molar-refractivity contribution in [1.82, 2.24) is 9.78 Å². The van der Waals surface area contributed by atoms with Crippen molar-refractivity contribution < 1.29 is 0 Å². The van der Waals surface area contributed by atoms with E-state index in [-0.39, 0.29) is 11.0 Å². The fourth-order valence-electron chi connectivity index (χ4n) is 1.30. The first-order chi connectivity index (χ1) is 8.41. The van der Waals surface area contributed by atoms with E-state index in [1.165, 1.54) is 4.68 Å². The number of halogens is 1. The summed E-state index contributed by atoms with van der Waals surface area (Å²) >= 11 is 3.32. The summed E-state index contributed by atoms with van der Waals surface area (Å²) in [5, 5.41) is 7.36. The van der Waals surface area contributed by atoms with Gasteiger partial charge in [0.25, 0.3) is 5.56 Å². The summed E-state index contributed by atoms with van der Waals surface area (Å²) in [5.41, 5.74) is 0.783. The maximum Gasteiger partial charge on any atom is 0.283 e. The molecule has 0 spiro atoms. The van der Waals surface area contributed by atoms with Crippen molar-refractivity contribution in [3.05, 3.63) is 33.7 Å². The van der Waals surface area contributed by atoms with Gasteiger partial charge in [-0.2, -0.15) is 5.10 Å². The van der Waals surface area contributed by atoms with Crippen LogP contribution < -0.4 is 10.9 Å². The third-order valence-electron chi connectivity index (χ3n) is 3.00.